The highest BCUT2D eigenvalue weighted by Crippen LogP contribution is 2.15. The molecule has 0 aliphatic heterocycles. The van der Waals surface area contributed by atoms with Gasteiger partial charge in [-0.3, -0.25) is 5.10 Å². The van der Waals surface area contributed by atoms with Crippen molar-refractivity contribution in [2.75, 3.05) is 7.11 Å². The smallest absolute Gasteiger partial charge is 0.338 e. The van der Waals surface area contributed by atoms with Crippen molar-refractivity contribution in [3.8, 4) is 5.75 Å². The first-order valence-electron chi connectivity index (χ1n) is 6.49. The molecule has 5 heteroatoms. The number of rotatable bonds is 4. The molecule has 1 aromatic heterocycles. The molecular formula is C16H14N2O3. The van der Waals surface area contributed by atoms with Gasteiger partial charge in [0.1, 0.15) is 12.4 Å². The number of benzene rings is 2. The van der Waals surface area contributed by atoms with Gasteiger partial charge in [0.15, 0.2) is 0 Å². The van der Waals surface area contributed by atoms with Gasteiger partial charge in [-0.2, -0.15) is 5.10 Å². The number of fused-ring (bicyclic) bond motifs is 1. The fourth-order valence-corrected chi connectivity index (χ4v) is 2.02. The largest absolute Gasteiger partial charge is 0.497 e. The minimum absolute atomic E-state index is 0.228. The van der Waals surface area contributed by atoms with E-state index in [-0.39, 0.29) is 12.6 Å². The third-order valence-electron chi connectivity index (χ3n) is 3.20. The lowest BCUT2D eigenvalue weighted by atomic mass is 10.1. The third kappa shape index (κ3) is 2.86. The predicted octanol–water partition coefficient (Wildman–Crippen LogP) is 2.93. The number of aromatic nitrogens is 2. The zero-order valence-corrected chi connectivity index (χ0v) is 11.5. The Morgan fingerprint density at radius 2 is 2.00 bits per heavy atom. The molecule has 0 unspecified atom stereocenters. The SMILES string of the molecule is COc1ccc(COC(=O)c2ccc3[nH]ncc3c2)cc1. The Balaban J connectivity index is 1.67. The van der Waals surface area contributed by atoms with Crippen molar-refractivity contribution in [1.29, 1.82) is 0 Å². The predicted molar refractivity (Wildman–Crippen MR) is 78.2 cm³/mol. The maximum absolute atomic E-state index is 12.0. The maximum atomic E-state index is 12.0. The Morgan fingerprint density at radius 3 is 2.76 bits per heavy atom. The van der Waals surface area contributed by atoms with Crippen LogP contribution < -0.4 is 4.74 Å². The van der Waals surface area contributed by atoms with Gasteiger partial charge >= 0.3 is 5.97 Å². The molecule has 106 valence electrons. The Labute approximate surface area is 121 Å². The van der Waals surface area contributed by atoms with Gasteiger partial charge in [-0.25, -0.2) is 4.79 Å². The van der Waals surface area contributed by atoms with Crippen molar-refractivity contribution < 1.29 is 14.3 Å². The Bertz CT molecular complexity index is 763. The molecule has 0 saturated heterocycles. The van der Waals surface area contributed by atoms with Crippen molar-refractivity contribution in [1.82, 2.24) is 10.2 Å². The van der Waals surface area contributed by atoms with Crippen LogP contribution in [-0.4, -0.2) is 23.3 Å². The first-order chi connectivity index (χ1) is 10.3. The summed E-state index contributed by atoms with van der Waals surface area (Å²) in [5.41, 5.74) is 2.31. The fraction of sp³-hybridized carbons (Fsp3) is 0.125. The number of nitrogens with zero attached hydrogens (tertiary/aromatic N) is 1. The highest BCUT2D eigenvalue weighted by atomic mass is 16.5. The van der Waals surface area contributed by atoms with Crippen LogP contribution in [0, 0.1) is 0 Å². The van der Waals surface area contributed by atoms with Crippen LogP contribution in [0.1, 0.15) is 15.9 Å². The molecule has 21 heavy (non-hydrogen) atoms. The second kappa shape index (κ2) is 5.66. The van der Waals surface area contributed by atoms with E-state index in [4.69, 9.17) is 9.47 Å². The van der Waals surface area contributed by atoms with Crippen molar-refractivity contribution in [3.63, 3.8) is 0 Å². The van der Waals surface area contributed by atoms with E-state index in [1.807, 2.05) is 30.3 Å². The number of hydrogen-bond donors (Lipinski definition) is 1. The molecule has 3 rings (SSSR count). The van der Waals surface area contributed by atoms with E-state index < -0.39 is 0 Å². The standard InChI is InChI=1S/C16H14N2O3/c1-20-14-5-2-11(3-6-14)10-21-16(19)12-4-7-15-13(8-12)9-17-18-15/h2-9H,10H2,1H3,(H,17,18). The molecule has 0 fully saturated rings. The van der Waals surface area contributed by atoms with Crippen molar-refractivity contribution in [2.45, 2.75) is 6.61 Å². The summed E-state index contributed by atoms with van der Waals surface area (Å²) in [7, 11) is 1.61. The minimum Gasteiger partial charge on any atom is -0.497 e. The fourth-order valence-electron chi connectivity index (χ4n) is 2.02. The van der Waals surface area contributed by atoms with Crippen LogP contribution in [0.5, 0.6) is 5.75 Å². The number of esters is 1. The lowest BCUT2D eigenvalue weighted by Crippen LogP contribution is -2.05. The Morgan fingerprint density at radius 1 is 1.19 bits per heavy atom. The minimum atomic E-state index is -0.353. The van der Waals surface area contributed by atoms with E-state index in [9.17, 15) is 4.79 Å². The molecule has 0 aliphatic carbocycles. The lowest BCUT2D eigenvalue weighted by molar-refractivity contribution is 0.0473. The summed E-state index contributed by atoms with van der Waals surface area (Å²) < 4.78 is 10.4. The van der Waals surface area contributed by atoms with E-state index in [0.29, 0.717) is 5.56 Å². The highest BCUT2D eigenvalue weighted by molar-refractivity contribution is 5.94. The molecule has 0 spiro atoms. The average Bonchev–Trinajstić information content (AvgIpc) is 3.00. The zero-order valence-electron chi connectivity index (χ0n) is 11.5. The summed E-state index contributed by atoms with van der Waals surface area (Å²) in [6, 6.07) is 12.7. The summed E-state index contributed by atoms with van der Waals surface area (Å²) >= 11 is 0. The van der Waals surface area contributed by atoms with Crippen LogP contribution in [0.4, 0.5) is 0 Å². The third-order valence-corrected chi connectivity index (χ3v) is 3.20. The van der Waals surface area contributed by atoms with Gasteiger partial charge in [0.25, 0.3) is 0 Å². The number of aromatic amines is 1. The average molecular weight is 282 g/mol. The van der Waals surface area contributed by atoms with Gasteiger partial charge in [0, 0.05) is 5.39 Å². The summed E-state index contributed by atoms with van der Waals surface area (Å²) in [5, 5.41) is 7.65. The molecule has 5 nitrogen and oxygen atoms in total. The van der Waals surface area contributed by atoms with Crippen molar-refractivity contribution in [3.05, 3.63) is 59.8 Å². The molecule has 0 radical (unpaired) electrons. The maximum Gasteiger partial charge on any atom is 0.338 e. The number of hydrogen-bond acceptors (Lipinski definition) is 4. The molecule has 0 aliphatic rings. The molecule has 0 bridgehead atoms. The second-order valence-corrected chi connectivity index (χ2v) is 4.60. The van der Waals surface area contributed by atoms with E-state index >= 15 is 0 Å². The van der Waals surface area contributed by atoms with Gasteiger partial charge in [0.05, 0.1) is 24.4 Å². The van der Waals surface area contributed by atoms with Gasteiger partial charge in [-0.15, -0.1) is 0 Å². The normalized spacial score (nSPS) is 10.5. The summed E-state index contributed by atoms with van der Waals surface area (Å²) in [5.74, 6) is 0.421. The first-order valence-corrected chi connectivity index (χ1v) is 6.49. The number of carbonyl (C=O) groups is 1. The van der Waals surface area contributed by atoms with Crippen molar-refractivity contribution in [2.24, 2.45) is 0 Å². The molecule has 1 N–H and O–H groups in total. The van der Waals surface area contributed by atoms with Gasteiger partial charge in [-0.1, -0.05) is 12.1 Å². The van der Waals surface area contributed by atoms with Crippen LogP contribution in [0.15, 0.2) is 48.7 Å². The van der Waals surface area contributed by atoms with E-state index in [0.717, 1.165) is 22.2 Å². The number of ether oxygens (including phenoxy) is 2. The monoisotopic (exact) mass is 282 g/mol. The zero-order chi connectivity index (χ0) is 14.7. The molecule has 0 saturated carbocycles. The van der Waals surface area contributed by atoms with Gasteiger partial charge in [-0.05, 0) is 35.9 Å². The van der Waals surface area contributed by atoms with E-state index in [1.165, 1.54) is 0 Å². The summed E-state index contributed by atoms with van der Waals surface area (Å²) in [4.78, 5) is 12.0. The summed E-state index contributed by atoms with van der Waals surface area (Å²) in [6.07, 6.45) is 1.68. The van der Waals surface area contributed by atoms with Crippen LogP contribution >= 0.6 is 0 Å². The van der Waals surface area contributed by atoms with E-state index in [2.05, 4.69) is 10.2 Å². The molecule has 0 atom stereocenters. The summed E-state index contributed by atoms with van der Waals surface area (Å²) in [6.45, 7) is 0.228. The Kier molecular flexibility index (Phi) is 3.55. The molecule has 3 aromatic rings. The Hall–Kier alpha value is -2.82. The quantitative estimate of drug-likeness (QED) is 0.747. The van der Waals surface area contributed by atoms with Crippen LogP contribution in [0.3, 0.4) is 0 Å². The van der Waals surface area contributed by atoms with Crippen molar-refractivity contribution >= 4 is 16.9 Å². The topological polar surface area (TPSA) is 64.2 Å². The molecule has 1 heterocycles. The molecule has 2 aromatic carbocycles. The number of H-pyrrole nitrogens is 1. The van der Waals surface area contributed by atoms with Crippen LogP contribution in [0.2, 0.25) is 0 Å². The number of carbonyl (C=O) groups excluding carboxylic acids is 1. The molecular weight excluding hydrogens is 268 g/mol. The lowest BCUT2D eigenvalue weighted by Gasteiger charge is -2.06. The van der Waals surface area contributed by atoms with E-state index in [1.54, 1.807) is 25.4 Å². The first kappa shape index (κ1) is 13.2. The van der Waals surface area contributed by atoms with Gasteiger partial charge in [0.2, 0.25) is 0 Å². The second-order valence-electron chi connectivity index (χ2n) is 4.60. The van der Waals surface area contributed by atoms with Crippen LogP contribution in [0.25, 0.3) is 10.9 Å². The number of nitrogens with one attached hydrogen (secondary N) is 1. The number of methoxy groups -OCH3 is 1. The molecule has 0 amide bonds. The van der Waals surface area contributed by atoms with Crippen LogP contribution in [-0.2, 0) is 11.3 Å². The van der Waals surface area contributed by atoms with Gasteiger partial charge < -0.3 is 9.47 Å². The highest BCUT2D eigenvalue weighted by Gasteiger charge is 2.09.